The molecule has 1 aromatic heterocycles. The molecule has 98 valence electrons. The summed E-state index contributed by atoms with van der Waals surface area (Å²) in [6, 6.07) is 12.2. The van der Waals surface area contributed by atoms with E-state index in [0.29, 0.717) is 5.69 Å². The highest BCUT2D eigenvalue weighted by Crippen LogP contribution is 2.15. The maximum atomic E-state index is 11.2. The number of aromatic nitrogens is 1. The van der Waals surface area contributed by atoms with Crippen LogP contribution in [0, 0.1) is 6.92 Å². The summed E-state index contributed by atoms with van der Waals surface area (Å²) in [4.78, 5) is 17.4. The highest BCUT2D eigenvalue weighted by atomic mass is 16.1. The molecule has 0 unspecified atom stereocenters. The largest absolute Gasteiger partial charge is 0.369 e. The molecule has 3 heteroatoms. The molecule has 0 bridgehead atoms. The quantitative estimate of drug-likeness (QED) is 0.785. The van der Waals surface area contributed by atoms with Crippen molar-refractivity contribution >= 4 is 11.5 Å². The van der Waals surface area contributed by atoms with Gasteiger partial charge < -0.3 is 4.90 Å². The van der Waals surface area contributed by atoms with Crippen molar-refractivity contribution < 1.29 is 4.79 Å². The van der Waals surface area contributed by atoms with Crippen LogP contribution in [0.15, 0.2) is 42.6 Å². The maximum Gasteiger partial charge on any atom is 0.178 e. The third-order valence-corrected chi connectivity index (χ3v) is 3.09. The second-order valence-electron chi connectivity index (χ2n) is 4.80. The van der Waals surface area contributed by atoms with E-state index in [0.717, 1.165) is 12.2 Å². The Morgan fingerprint density at radius 3 is 2.37 bits per heavy atom. The first-order valence-electron chi connectivity index (χ1n) is 6.30. The summed E-state index contributed by atoms with van der Waals surface area (Å²) in [6.45, 7) is 4.43. The van der Waals surface area contributed by atoms with Gasteiger partial charge in [-0.2, -0.15) is 0 Å². The molecule has 0 spiro atoms. The lowest BCUT2D eigenvalue weighted by molar-refractivity contribution is 0.101. The van der Waals surface area contributed by atoms with Gasteiger partial charge in [-0.15, -0.1) is 0 Å². The Morgan fingerprint density at radius 1 is 1.16 bits per heavy atom. The number of hydrogen-bond donors (Lipinski definition) is 0. The molecular weight excluding hydrogens is 236 g/mol. The first kappa shape index (κ1) is 13.3. The van der Waals surface area contributed by atoms with Gasteiger partial charge in [-0.05, 0) is 24.6 Å². The normalized spacial score (nSPS) is 10.3. The van der Waals surface area contributed by atoms with Gasteiger partial charge in [0.05, 0.1) is 11.9 Å². The van der Waals surface area contributed by atoms with Gasteiger partial charge in [-0.3, -0.25) is 9.78 Å². The van der Waals surface area contributed by atoms with Crippen molar-refractivity contribution in [2.75, 3.05) is 11.9 Å². The molecule has 19 heavy (non-hydrogen) atoms. The van der Waals surface area contributed by atoms with Gasteiger partial charge in [0.25, 0.3) is 0 Å². The molecule has 0 aliphatic heterocycles. The number of anilines is 1. The average molecular weight is 254 g/mol. The van der Waals surface area contributed by atoms with E-state index in [1.165, 1.54) is 18.1 Å². The smallest absolute Gasteiger partial charge is 0.178 e. The monoisotopic (exact) mass is 254 g/mol. The number of hydrogen-bond acceptors (Lipinski definition) is 3. The summed E-state index contributed by atoms with van der Waals surface area (Å²) in [5, 5.41) is 0. The van der Waals surface area contributed by atoms with Crippen LogP contribution in [-0.4, -0.2) is 17.8 Å². The van der Waals surface area contributed by atoms with Gasteiger partial charge in [0.15, 0.2) is 5.78 Å². The predicted octanol–water partition coefficient (Wildman–Crippen LogP) is 3.23. The van der Waals surface area contributed by atoms with Gasteiger partial charge in [-0.25, -0.2) is 0 Å². The van der Waals surface area contributed by atoms with Crippen LogP contribution in [-0.2, 0) is 6.54 Å². The molecule has 0 N–H and O–H groups in total. The van der Waals surface area contributed by atoms with E-state index in [4.69, 9.17) is 0 Å². The third-order valence-electron chi connectivity index (χ3n) is 3.09. The van der Waals surface area contributed by atoms with Crippen LogP contribution in [0.25, 0.3) is 0 Å². The van der Waals surface area contributed by atoms with Crippen molar-refractivity contribution in [3.63, 3.8) is 0 Å². The third kappa shape index (κ3) is 3.41. The molecule has 0 saturated carbocycles. The van der Waals surface area contributed by atoms with Crippen LogP contribution in [0.2, 0.25) is 0 Å². The van der Waals surface area contributed by atoms with E-state index in [1.54, 1.807) is 12.3 Å². The molecule has 1 heterocycles. The summed E-state index contributed by atoms with van der Waals surface area (Å²) in [6.07, 6.45) is 1.74. The Morgan fingerprint density at radius 2 is 1.84 bits per heavy atom. The van der Waals surface area contributed by atoms with Crippen molar-refractivity contribution in [3.8, 4) is 0 Å². The van der Waals surface area contributed by atoms with Crippen molar-refractivity contribution in [2.24, 2.45) is 0 Å². The molecular formula is C16H18N2O. The van der Waals surface area contributed by atoms with Gasteiger partial charge in [0.1, 0.15) is 5.69 Å². The Balaban J connectivity index is 2.09. The second-order valence-corrected chi connectivity index (χ2v) is 4.80. The lowest BCUT2D eigenvalue weighted by Crippen LogP contribution is -2.16. The Kier molecular flexibility index (Phi) is 3.95. The van der Waals surface area contributed by atoms with Crippen LogP contribution in [0.4, 0.5) is 5.69 Å². The Bertz CT molecular complexity index is 558. The minimum Gasteiger partial charge on any atom is -0.369 e. The number of pyridine rings is 1. The van der Waals surface area contributed by atoms with E-state index >= 15 is 0 Å². The zero-order valence-corrected chi connectivity index (χ0v) is 11.6. The highest BCUT2D eigenvalue weighted by molar-refractivity contribution is 5.92. The van der Waals surface area contributed by atoms with Gasteiger partial charge >= 0.3 is 0 Å². The van der Waals surface area contributed by atoms with Crippen LogP contribution >= 0.6 is 0 Å². The van der Waals surface area contributed by atoms with E-state index in [-0.39, 0.29) is 5.78 Å². The Hall–Kier alpha value is -2.16. The predicted molar refractivity (Wildman–Crippen MR) is 77.5 cm³/mol. The number of nitrogens with zero attached hydrogens (tertiary/aromatic N) is 2. The number of carbonyl (C=O) groups excluding carboxylic acids is 1. The molecule has 0 fully saturated rings. The van der Waals surface area contributed by atoms with E-state index < -0.39 is 0 Å². The van der Waals surface area contributed by atoms with Crippen LogP contribution in [0.3, 0.4) is 0 Å². The number of carbonyl (C=O) groups is 1. The first-order chi connectivity index (χ1) is 9.06. The van der Waals surface area contributed by atoms with Crippen molar-refractivity contribution in [2.45, 2.75) is 20.4 Å². The summed E-state index contributed by atoms with van der Waals surface area (Å²) in [5.41, 5.74) is 4.03. The summed E-state index contributed by atoms with van der Waals surface area (Å²) in [7, 11) is 2.02. The lowest BCUT2D eigenvalue weighted by atomic mass is 10.1. The maximum absolute atomic E-state index is 11.2. The first-order valence-corrected chi connectivity index (χ1v) is 6.30. The van der Waals surface area contributed by atoms with Crippen LogP contribution in [0.1, 0.15) is 28.5 Å². The molecule has 3 nitrogen and oxygen atoms in total. The molecule has 0 aliphatic carbocycles. The minimum atomic E-state index is -0.00672. The number of benzene rings is 1. The van der Waals surface area contributed by atoms with E-state index in [9.17, 15) is 4.79 Å². The Labute approximate surface area is 113 Å². The van der Waals surface area contributed by atoms with E-state index in [1.807, 2.05) is 13.1 Å². The van der Waals surface area contributed by atoms with Gasteiger partial charge in [0, 0.05) is 20.5 Å². The standard InChI is InChI=1S/C16H18N2O/c1-12-4-6-14(7-5-12)11-18(3)15-8-9-16(13(2)19)17-10-15/h4-10H,11H2,1-3H3. The summed E-state index contributed by atoms with van der Waals surface area (Å²) < 4.78 is 0. The molecule has 0 atom stereocenters. The number of aryl methyl sites for hydroxylation is 1. The molecule has 1 aromatic carbocycles. The summed E-state index contributed by atoms with van der Waals surface area (Å²) >= 11 is 0. The van der Waals surface area contributed by atoms with Crippen molar-refractivity contribution in [1.29, 1.82) is 0 Å². The fourth-order valence-electron chi connectivity index (χ4n) is 1.88. The second kappa shape index (κ2) is 5.65. The van der Waals surface area contributed by atoms with Crippen LogP contribution in [0.5, 0.6) is 0 Å². The number of rotatable bonds is 4. The molecule has 0 aliphatic rings. The number of Topliss-reactive ketones (excluding diaryl/α,β-unsaturated/α-hetero) is 1. The summed E-state index contributed by atoms with van der Waals surface area (Å²) in [5.74, 6) is -0.00672. The van der Waals surface area contributed by atoms with Gasteiger partial charge in [-0.1, -0.05) is 29.8 Å². The van der Waals surface area contributed by atoms with Crippen molar-refractivity contribution in [1.82, 2.24) is 4.98 Å². The molecule has 0 radical (unpaired) electrons. The molecule has 0 amide bonds. The zero-order chi connectivity index (χ0) is 13.8. The lowest BCUT2D eigenvalue weighted by Gasteiger charge is -2.19. The van der Waals surface area contributed by atoms with E-state index in [2.05, 4.69) is 41.1 Å². The zero-order valence-electron chi connectivity index (χ0n) is 11.6. The SMILES string of the molecule is CC(=O)c1ccc(N(C)Cc2ccc(C)cc2)cn1. The fourth-order valence-corrected chi connectivity index (χ4v) is 1.88. The fraction of sp³-hybridized carbons (Fsp3) is 0.250. The average Bonchev–Trinajstić information content (AvgIpc) is 2.41. The highest BCUT2D eigenvalue weighted by Gasteiger charge is 2.05. The topological polar surface area (TPSA) is 33.2 Å². The van der Waals surface area contributed by atoms with Gasteiger partial charge in [0.2, 0.25) is 0 Å². The molecule has 0 saturated heterocycles. The molecule has 2 aromatic rings. The molecule has 2 rings (SSSR count). The minimum absolute atomic E-state index is 0.00672. The van der Waals surface area contributed by atoms with Crippen molar-refractivity contribution in [3.05, 3.63) is 59.4 Å². The number of ketones is 1. The van der Waals surface area contributed by atoms with Crippen LogP contribution < -0.4 is 4.90 Å².